The van der Waals surface area contributed by atoms with E-state index in [0.717, 1.165) is 23.2 Å². The Balaban J connectivity index is 2.11. The summed E-state index contributed by atoms with van der Waals surface area (Å²) in [6.07, 6.45) is 0. The van der Waals surface area contributed by atoms with E-state index in [1.165, 1.54) is 0 Å². The molecule has 0 atom stereocenters. The van der Waals surface area contributed by atoms with Gasteiger partial charge in [-0.3, -0.25) is 0 Å². The van der Waals surface area contributed by atoms with Gasteiger partial charge in [-0.05, 0) is 13.0 Å². The molecule has 3 rings (SSSR count). The van der Waals surface area contributed by atoms with Gasteiger partial charge in [-0.2, -0.15) is 5.10 Å². The Morgan fingerprint density at radius 3 is 2.48 bits per heavy atom. The summed E-state index contributed by atoms with van der Waals surface area (Å²) in [5.74, 6) is -1.69. The number of nitrogen functional groups attached to an aromatic ring is 1. The number of ether oxygens (including phenoxy) is 1. The fourth-order valence-electron chi connectivity index (χ4n) is 2.01. The van der Waals surface area contributed by atoms with Gasteiger partial charge in [0.25, 0.3) is 0 Å². The number of aromatic nitrogens is 2. The topological polar surface area (TPSA) is 61.0 Å². The van der Waals surface area contributed by atoms with Crippen molar-refractivity contribution in [2.45, 2.75) is 6.92 Å². The molecule has 0 aliphatic carbocycles. The van der Waals surface area contributed by atoms with Crippen molar-refractivity contribution in [1.82, 2.24) is 10.2 Å². The van der Waals surface area contributed by atoms with E-state index in [4.69, 9.17) is 10.5 Å². The van der Waals surface area contributed by atoms with Gasteiger partial charge in [-0.1, -0.05) is 18.2 Å². The number of nitrogens with two attached hydrogens (primary N) is 1. The average Bonchev–Trinajstić information content (AvgIpc) is 2.48. The number of anilines is 1. The molecule has 106 valence electrons. The van der Waals surface area contributed by atoms with Gasteiger partial charge in [0, 0.05) is 22.9 Å². The van der Waals surface area contributed by atoms with Crippen LogP contribution < -0.4 is 10.5 Å². The molecule has 1 aromatic heterocycles. The van der Waals surface area contributed by atoms with Crippen LogP contribution in [0.2, 0.25) is 0 Å². The van der Waals surface area contributed by atoms with Crippen molar-refractivity contribution in [3.8, 4) is 11.6 Å². The highest BCUT2D eigenvalue weighted by atomic mass is 19.1. The van der Waals surface area contributed by atoms with Crippen LogP contribution in [0.15, 0.2) is 36.4 Å². The number of hydrogen-bond donors (Lipinski definition) is 1. The van der Waals surface area contributed by atoms with Crippen molar-refractivity contribution in [2.75, 3.05) is 5.73 Å². The first-order valence-electron chi connectivity index (χ1n) is 6.20. The van der Waals surface area contributed by atoms with Crippen molar-refractivity contribution in [2.24, 2.45) is 0 Å². The van der Waals surface area contributed by atoms with Gasteiger partial charge in [0.2, 0.25) is 5.88 Å². The third kappa shape index (κ3) is 2.35. The second-order valence-corrected chi connectivity index (χ2v) is 4.54. The molecule has 3 aromatic rings. The maximum absolute atomic E-state index is 13.8. The number of benzene rings is 2. The van der Waals surface area contributed by atoms with Crippen LogP contribution in [0.1, 0.15) is 5.69 Å². The van der Waals surface area contributed by atoms with E-state index in [9.17, 15) is 8.78 Å². The SMILES string of the molecule is Cc1nnc(Oc2cc(F)c(N)cc2F)c2ccccc12. The molecular formula is C15H11F2N3O. The molecule has 4 nitrogen and oxygen atoms in total. The van der Waals surface area contributed by atoms with E-state index in [1.807, 2.05) is 19.1 Å². The Hall–Kier alpha value is -2.76. The maximum Gasteiger partial charge on any atom is 0.246 e. The molecule has 0 aliphatic rings. The van der Waals surface area contributed by atoms with Gasteiger partial charge in [0.05, 0.1) is 11.4 Å². The smallest absolute Gasteiger partial charge is 0.246 e. The predicted molar refractivity (Wildman–Crippen MR) is 75.1 cm³/mol. The van der Waals surface area contributed by atoms with Gasteiger partial charge in [-0.15, -0.1) is 5.10 Å². The molecule has 0 saturated carbocycles. The fourth-order valence-corrected chi connectivity index (χ4v) is 2.01. The predicted octanol–water partition coefficient (Wildman–Crippen LogP) is 3.59. The van der Waals surface area contributed by atoms with E-state index in [1.54, 1.807) is 12.1 Å². The first-order valence-corrected chi connectivity index (χ1v) is 6.20. The maximum atomic E-state index is 13.8. The Morgan fingerprint density at radius 2 is 1.71 bits per heavy atom. The Bertz CT molecular complexity index is 837. The lowest BCUT2D eigenvalue weighted by Gasteiger charge is -2.10. The monoisotopic (exact) mass is 287 g/mol. The largest absolute Gasteiger partial charge is 0.434 e. The van der Waals surface area contributed by atoms with Crippen molar-refractivity contribution in [3.63, 3.8) is 0 Å². The van der Waals surface area contributed by atoms with E-state index < -0.39 is 11.6 Å². The zero-order valence-corrected chi connectivity index (χ0v) is 11.1. The highest BCUT2D eigenvalue weighted by molar-refractivity contribution is 5.88. The Morgan fingerprint density at radius 1 is 1.00 bits per heavy atom. The van der Waals surface area contributed by atoms with Crippen LogP contribution in [0.3, 0.4) is 0 Å². The Labute approximate surface area is 119 Å². The van der Waals surface area contributed by atoms with Gasteiger partial charge in [0.1, 0.15) is 5.82 Å². The van der Waals surface area contributed by atoms with Crippen molar-refractivity contribution < 1.29 is 13.5 Å². The second kappa shape index (κ2) is 4.97. The highest BCUT2D eigenvalue weighted by Gasteiger charge is 2.13. The van der Waals surface area contributed by atoms with Crippen molar-refractivity contribution >= 4 is 16.5 Å². The molecule has 0 aliphatic heterocycles. The summed E-state index contributed by atoms with van der Waals surface area (Å²) in [7, 11) is 0. The third-order valence-corrected chi connectivity index (χ3v) is 3.10. The zero-order chi connectivity index (χ0) is 15.0. The molecular weight excluding hydrogens is 276 g/mol. The van der Waals surface area contributed by atoms with E-state index in [0.29, 0.717) is 5.39 Å². The number of fused-ring (bicyclic) bond motifs is 1. The minimum atomic E-state index is -0.764. The van der Waals surface area contributed by atoms with E-state index >= 15 is 0 Å². The van der Waals surface area contributed by atoms with Crippen LogP contribution in [-0.2, 0) is 0 Å². The van der Waals surface area contributed by atoms with Crippen LogP contribution in [-0.4, -0.2) is 10.2 Å². The summed E-state index contributed by atoms with van der Waals surface area (Å²) in [6.45, 7) is 1.81. The molecule has 0 amide bonds. The van der Waals surface area contributed by atoms with Crippen LogP contribution in [0.25, 0.3) is 10.8 Å². The molecule has 0 bridgehead atoms. The van der Waals surface area contributed by atoms with Crippen LogP contribution in [0.5, 0.6) is 11.6 Å². The summed E-state index contributed by atoms with van der Waals surface area (Å²) in [4.78, 5) is 0. The number of rotatable bonds is 2. The molecule has 0 radical (unpaired) electrons. The van der Waals surface area contributed by atoms with Gasteiger partial charge >= 0.3 is 0 Å². The fraction of sp³-hybridized carbons (Fsp3) is 0.0667. The molecule has 0 unspecified atom stereocenters. The number of halogens is 2. The minimum absolute atomic E-state index is 0.110. The summed E-state index contributed by atoms with van der Waals surface area (Å²) >= 11 is 0. The lowest BCUT2D eigenvalue weighted by atomic mass is 10.1. The second-order valence-electron chi connectivity index (χ2n) is 4.54. The van der Waals surface area contributed by atoms with Crippen molar-refractivity contribution in [3.05, 3.63) is 53.7 Å². The number of nitrogens with zero attached hydrogens (tertiary/aromatic N) is 2. The first kappa shape index (κ1) is 13.2. The molecule has 2 aromatic carbocycles. The molecule has 1 heterocycles. The zero-order valence-electron chi connectivity index (χ0n) is 11.1. The van der Waals surface area contributed by atoms with Crippen LogP contribution in [0.4, 0.5) is 14.5 Å². The number of aryl methyl sites for hydroxylation is 1. The molecule has 2 N–H and O–H groups in total. The molecule has 6 heteroatoms. The molecule has 0 spiro atoms. The normalized spacial score (nSPS) is 10.8. The summed E-state index contributed by atoms with van der Waals surface area (Å²) in [5, 5.41) is 9.36. The van der Waals surface area contributed by atoms with Crippen molar-refractivity contribution in [1.29, 1.82) is 0 Å². The van der Waals surface area contributed by atoms with Gasteiger partial charge < -0.3 is 10.5 Å². The van der Waals surface area contributed by atoms with Gasteiger partial charge in [-0.25, -0.2) is 8.78 Å². The molecule has 0 saturated heterocycles. The first-order chi connectivity index (χ1) is 10.1. The van der Waals surface area contributed by atoms with Crippen LogP contribution in [0, 0.1) is 18.6 Å². The molecule has 21 heavy (non-hydrogen) atoms. The Kier molecular flexibility index (Phi) is 3.13. The summed E-state index contributed by atoms with van der Waals surface area (Å²) < 4.78 is 32.6. The quantitative estimate of drug-likeness (QED) is 0.732. The van der Waals surface area contributed by atoms with Crippen LogP contribution >= 0.6 is 0 Å². The standard InChI is InChI=1S/C15H11F2N3O/c1-8-9-4-2-3-5-10(9)15(20-19-8)21-14-7-11(16)13(18)6-12(14)17/h2-7H,18H2,1H3. The lowest BCUT2D eigenvalue weighted by Crippen LogP contribution is -1.99. The van der Waals surface area contributed by atoms with E-state index in [-0.39, 0.29) is 17.3 Å². The minimum Gasteiger partial charge on any atom is -0.434 e. The molecule has 0 fully saturated rings. The van der Waals surface area contributed by atoms with Gasteiger partial charge in [0.15, 0.2) is 11.6 Å². The average molecular weight is 287 g/mol. The van der Waals surface area contributed by atoms with E-state index in [2.05, 4.69) is 10.2 Å². The third-order valence-electron chi connectivity index (χ3n) is 3.10. The highest BCUT2D eigenvalue weighted by Crippen LogP contribution is 2.31. The summed E-state index contributed by atoms with van der Waals surface area (Å²) in [6, 6.07) is 9.04. The lowest BCUT2D eigenvalue weighted by molar-refractivity contribution is 0.422. The number of hydrogen-bond acceptors (Lipinski definition) is 4. The summed E-state index contributed by atoms with van der Waals surface area (Å²) in [5.41, 5.74) is 5.74.